The van der Waals surface area contributed by atoms with Gasteiger partial charge in [-0.05, 0) is 37.3 Å². The fourth-order valence-corrected chi connectivity index (χ4v) is 3.60. The Balaban J connectivity index is 1.59. The first kappa shape index (κ1) is 23.0. The number of halogens is 2. The number of alkyl halides is 2. The minimum absolute atomic E-state index is 0.164. The lowest BCUT2D eigenvalue weighted by atomic mass is 10.0. The topological polar surface area (TPSA) is 96.8 Å². The molecule has 1 aliphatic heterocycles. The lowest BCUT2D eigenvalue weighted by Gasteiger charge is -2.17. The van der Waals surface area contributed by atoms with Crippen molar-refractivity contribution in [3.8, 4) is 17.0 Å². The van der Waals surface area contributed by atoms with Crippen molar-refractivity contribution in [2.45, 2.75) is 19.8 Å². The highest BCUT2D eigenvalue weighted by atomic mass is 19.3. The Kier molecular flexibility index (Phi) is 6.06. The number of amides is 2. The molecule has 34 heavy (non-hydrogen) atoms. The molecule has 0 radical (unpaired) electrons. The molecule has 2 heterocycles. The van der Waals surface area contributed by atoms with Gasteiger partial charge in [0.2, 0.25) is 5.91 Å². The van der Waals surface area contributed by atoms with E-state index in [-0.39, 0.29) is 17.0 Å². The van der Waals surface area contributed by atoms with E-state index in [1.807, 2.05) is 0 Å². The molecule has 0 saturated carbocycles. The van der Waals surface area contributed by atoms with E-state index in [0.717, 1.165) is 11.9 Å². The molecule has 4 rings (SSSR count). The number of carbonyl (C=O) groups is 2. The van der Waals surface area contributed by atoms with Crippen LogP contribution in [0.15, 0.2) is 66.2 Å². The normalized spacial score (nSPS) is 15.8. The lowest BCUT2D eigenvalue weighted by molar-refractivity contribution is -0.127. The quantitative estimate of drug-likeness (QED) is 0.550. The number of ether oxygens (including phenoxy) is 1. The fourth-order valence-electron chi connectivity index (χ4n) is 3.60. The van der Waals surface area contributed by atoms with E-state index in [0.29, 0.717) is 22.7 Å². The van der Waals surface area contributed by atoms with Crippen molar-refractivity contribution in [3.63, 3.8) is 0 Å². The van der Waals surface area contributed by atoms with Crippen LogP contribution in [0.5, 0.6) is 5.75 Å². The maximum absolute atomic E-state index is 13.6. The molecule has 8 nitrogen and oxygen atoms in total. The monoisotopic (exact) mass is 465 g/mol. The van der Waals surface area contributed by atoms with Crippen LogP contribution in [0.4, 0.5) is 20.2 Å². The van der Waals surface area contributed by atoms with Gasteiger partial charge in [0.05, 0.1) is 30.4 Å². The molecule has 0 spiro atoms. The van der Waals surface area contributed by atoms with Crippen LogP contribution in [0.25, 0.3) is 11.3 Å². The van der Waals surface area contributed by atoms with Crippen molar-refractivity contribution in [1.82, 2.24) is 9.97 Å². The molecule has 0 fully saturated rings. The molecule has 1 aromatic heterocycles. The van der Waals surface area contributed by atoms with Crippen LogP contribution < -0.4 is 15.1 Å². The largest absolute Gasteiger partial charge is 0.496 e. The summed E-state index contributed by atoms with van der Waals surface area (Å²) in [5, 5.41) is 7.95. The molecule has 174 valence electrons. The highest BCUT2D eigenvalue weighted by molar-refractivity contribution is 6.28. The second kappa shape index (κ2) is 8.97. The van der Waals surface area contributed by atoms with Gasteiger partial charge in [0.15, 0.2) is 5.92 Å². The summed E-state index contributed by atoms with van der Waals surface area (Å²) >= 11 is 0. The Morgan fingerprint density at radius 3 is 2.65 bits per heavy atom. The molecule has 0 bridgehead atoms. The van der Waals surface area contributed by atoms with Gasteiger partial charge in [-0.1, -0.05) is 12.1 Å². The van der Waals surface area contributed by atoms with Crippen LogP contribution in [0.2, 0.25) is 0 Å². The number of anilines is 2. The zero-order chi connectivity index (χ0) is 24.5. The molecule has 1 N–H and O–H groups in total. The summed E-state index contributed by atoms with van der Waals surface area (Å²) in [7, 11) is 1.52. The Bertz CT molecular complexity index is 1280. The summed E-state index contributed by atoms with van der Waals surface area (Å²) in [6, 6.07) is 10.3. The standard InChI is InChI=1S/C24H21F2N5O3/c1-14-21(22(32)29-16-6-4-5-15(11-16)24(2,25)26)23(33)31(30-14)17-7-8-20(34-3)18(12-17)19-13-27-9-10-28-19/h4-13,21H,1-3H3,(H,29,32). The first-order valence-corrected chi connectivity index (χ1v) is 10.3. The summed E-state index contributed by atoms with van der Waals surface area (Å²) in [5.41, 5.74) is 1.74. The Morgan fingerprint density at radius 1 is 1.18 bits per heavy atom. The molecule has 10 heteroatoms. The number of methoxy groups -OCH3 is 1. The molecule has 2 amide bonds. The number of nitrogens with one attached hydrogen (secondary N) is 1. The van der Waals surface area contributed by atoms with Gasteiger partial charge < -0.3 is 10.1 Å². The number of rotatable bonds is 6. The number of hydrogen-bond donors (Lipinski definition) is 1. The molecule has 3 aromatic rings. The fraction of sp³-hybridized carbons (Fsp3) is 0.208. The van der Waals surface area contributed by atoms with Crippen LogP contribution in [0, 0.1) is 5.92 Å². The van der Waals surface area contributed by atoms with Crippen LogP contribution in [0.3, 0.4) is 0 Å². The van der Waals surface area contributed by atoms with Crippen LogP contribution in [0.1, 0.15) is 19.4 Å². The minimum atomic E-state index is -3.06. The molecule has 1 atom stereocenters. The van der Waals surface area contributed by atoms with E-state index in [4.69, 9.17) is 4.74 Å². The molecule has 0 aliphatic carbocycles. The zero-order valence-electron chi connectivity index (χ0n) is 18.6. The number of aromatic nitrogens is 2. The first-order valence-electron chi connectivity index (χ1n) is 10.3. The van der Waals surface area contributed by atoms with Gasteiger partial charge in [-0.15, -0.1) is 0 Å². The van der Waals surface area contributed by atoms with E-state index in [2.05, 4.69) is 20.4 Å². The third kappa shape index (κ3) is 4.47. The number of nitrogens with zero attached hydrogens (tertiary/aromatic N) is 4. The van der Waals surface area contributed by atoms with Gasteiger partial charge in [-0.3, -0.25) is 19.6 Å². The number of benzene rings is 2. The molecular formula is C24H21F2N5O3. The Labute approximate surface area is 194 Å². The highest BCUT2D eigenvalue weighted by Gasteiger charge is 2.40. The molecule has 0 saturated heterocycles. The van der Waals surface area contributed by atoms with Crippen LogP contribution >= 0.6 is 0 Å². The van der Waals surface area contributed by atoms with E-state index >= 15 is 0 Å². The molecular weight excluding hydrogens is 444 g/mol. The second-order valence-corrected chi connectivity index (χ2v) is 7.76. The summed E-state index contributed by atoms with van der Waals surface area (Å²) < 4.78 is 32.7. The predicted octanol–water partition coefficient (Wildman–Crippen LogP) is 4.24. The molecule has 2 aromatic carbocycles. The third-order valence-electron chi connectivity index (χ3n) is 5.30. The van der Waals surface area contributed by atoms with Crippen molar-refractivity contribution in [3.05, 3.63) is 66.6 Å². The van der Waals surface area contributed by atoms with Crippen molar-refractivity contribution in [2.24, 2.45) is 11.0 Å². The molecule has 1 aliphatic rings. The number of hydrazone groups is 1. The third-order valence-corrected chi connectivity index (χ3v) is 5.30. The first-order chi connectivity index (χ1) is 16.2. The summed E-state index contributed by atoms with van der Waals surface area (Å²) in [4.78, 5) is 34.4. The van der Waals surface area contributed by atoms with Gasteiger partial charge in [-0.25, -0.2) is 8.78 Å². The van der Waals surface area contributed by atoms with E-state index in [9.17, 15) is 18.4 Å². The van der Waals surface area contributed by atoms with E-state index < -0.39 is 23.7 Å². The number of carbonyl (C=O) groups excluding carboxylic acids is 2. The summed E-state index contributed by atoms with van der Waals surface area (Å²) in [6.07, 6.45) is 4.64. The lowest BCUT2D eigenvalue weighted by Crippen LogP contribution is -2.36. The van der Waals surface area contributed by atoms with Crippen LogP contribution in [-0.4, -0.2) is 34.6 Å². The second-order valence-electron chi connectivity index (χ2n) is 7.76. The predicted molar refractivity (Wildman–Crippen MR) is 123 cm³/mol. The van der Waals surface area contributed by atoms with Gasteiger partial charge in [0.1, 0.15) is 5.75 Å². The van der Waals surface area contributed by atoms with Crippen molar-refractivity contribution in [1.29, 1.82) is 0 Å². The smallest absolute Gasteiger partial charge is 0.270 e. The SMILES string of the molecule is COc1ccc(N2N=C(C)C(C(=O)Nc3cccc(C(C)(F)F)c3)C2=O)cc1-c1cnccn1. The average molecular weight is 465 g/mol. The van der Waals surface area contributed by atoms with Crippen molar-refractivity contribution >= 4 is 28.9 Å². The maximum Gasteiger partial charge on any atom is 0.270 e. The Morgan fingerprint density at radius 2 is 1.97 bits per heavy atom. The van der Waals surface area contributed by atoms with Crippen LogP contribution in [-0.2, 0) is 15.5 Å². The summed E-state index contributed by atoms with van der Waals surface area (Å²) in [6.45, 7) is 2.33. The Hall–Kier alpha value is -4.21. The van der Waals surface area contributed by atoms with Gasteiger partial charge in [0, 0.05) is 36.1 Å². The summed E-state index contributed by atoms with van der Waals surface area (Å²) in [5.74, 6) is -4.96. The maximum atomic E-state index is 13.6. The minimum Gasteiger partial charge on any atom is -0.496 e. The van der Waals surface area contributed by atoms with E-state index in [1.54, 1.807) is 31.3 Å². The van der Waals surface area contributed by atoms with Gasteiger partial charge >= 0.3 is 0 Å². The average Bonchev–Trinajstić information content (AvgIpc) is 3.12. The molecule has 1 unspecified atom stereocenters. The van der Waals surface area contributed by atoms with Gasteiger partial charge in [0.25, 0.3) is 11.8 Å². The van der Waals surface area contributed by atoms with Gasteiger partial charge in [-0.2, -0.15) is 10.1 Å². The van der Waals surface area contributed by atoms with E-state index in [1.165, 1.54) is 43.8 Å². The zero-order valence-corrected chi connectivity index (χ0v) is 18.6. The van der Waals surface area contributed by atoms with Crippen molar-refractivity contribution in [2.75, 3.05) is 17.4 Å². The number of hydrogen-bond acceptors (Lipinski definition) is 6. The van der Waals surface area contributed by atoms with Crippen molar-refractivity contribution < 1.29 is 23.1 Å². The highest BCUT2D eigenvalue weighted by Crippen LogP contribution is 2.35.